The molecule has 3 rings (SSSR count). The highest BCUT2D eigenvalue weighted by molar-refractivity contribution is 7.89. The molecule has 0 saturated carbocycles. The van der Waals surface area contributed by atoms with Crippen molar-refractivity contribution in [2.75, 3.05) is 50.5 Å². The summed E-state index contributed by atoms with van der Waals surface area (Å²) in [6.45, 7) is 1.84. The number of halogens is 2. The molecule has 8 nitrogen and oxygen atoms in total. The van der Waals surface area contributed by atoms with Crippen molar-refractivity contribution in [3.05, 3.63) is 52.1 Å². The van der Waals surface area contributed by atoms with Gasteiger partial charge < -0.3 is 15.0 Å². The highest BCUT2D eigenvalue weighted by Gasteiger charge is 2.27. The van der Waals surface area contributed by atoms with Crippen LogP contribution in [0.4, 0.5) is 5.82 Å². The average Bonchev–Trinajstić information content (AvgIpc) is 2.74. The van der Waals surface area contributed by atoms with Crippen LogP contribution in [0.1, 0.15) is 10.4 Å². The number of nitrogens with zero attached hydrogens (tertiary/aromatic N) is 3. The molecule has 1 N–H and O–H groups in total. The van der Waals surface area contributed by atoms with Gasteiger partial charge in [-0.25, -0.2) is 13.4 Å². The number of aromatic nitrogens is 1. The van der Waals surface area contributed by atoms with Crippen LogP contribution in [0, 0.1) is 0 Å². The zero-order chi connectivity index (χ0) is 21.7. The van der Waals surface area contributed by atoms with Gasteiger partial charge in [0.05, 0.1) is 22.9 Å². The van der Waals surface area contributed by atoms with Crippen molar-refractivity contribution < 1.29 is 17.9 Å². The van der Waals surface area contributed by atoms with E-state index in [0.29, 0.717) is 26.2 Å². The minimum atomic E-state index is -3.49. The number of anilines is 1. The molecular weight excluding hydrogens is 451 g/mol. The Kier molecular flexibility index (Phi) is 7.41. The maximum Gasteiger partial charge on any atom is 0.251 e. The number of carbonyl (C=O) groups is 1. The Morgan fingerprint density at radius 1 is 1.17 bits per heavy atom. The van der Waals surface area contributed by atoms with Gasteiger partial charge in [0.1, 0.15) is 5.82 Å². The third kappa shape index (κ3) is 5.34. The predicted molar refractivity (Wildman–Crippen MR) is 117 cm³/mol. The van der Waals surface area contributed by atoms with E-state index in [1.54, 1.807) is 6.20 Å². The zero-order valence-corrected chi connectivity index (χ0v) is 18.7. The minimum absolute atomic E-state index is 0.0249. The first-order valence-corrected chi connectivity index (χ1v) is 11.6. The summed E-state index contributed by atoms with van der Waals surface area (Å²) in [6.07, 6.45) is 1.71. The molecule has 0 spiro atoms. The molecule has 30 heavy (non-hydrogen) atoms. The Balaban J connectivity index is 1.51. The van der Waals surface area contributed by atoms with Gasteiger partial charge in [0, 0.05) is 44.5 Å². The second-order valence-corrected chi connectivity index (χ2v) is 9.52. The number of ether oxygens (including phenoxy) is 1. The minimum Gasteiger partial charge on any atom is -0.494 e. The summed E-state index contributed by atoms with van der Waals surface area (Å²) in [5.41, 5.74) is 0.229. The molecule has 1 aromatic carbocycles. The summed E-state index contributed by atoms with van der Waals surface area (Å²) >= 11 is 12.1. The Labute approximate surface area is 185 Å². The molecule has 0 aliphatic carbocycles. The fourth-order valence-electron chi connectivity index (χ4n) is 3.15. The molecule has 0 radical (unpaired) electrons. The second kappa shape index (κ2) is 9.82. The summed E-state index contributed by atoms with van der Waals surface area (Å²) < 4.78 is 31.7. The Morgan fingerprint density at radius 3 is 2.40 bits per heavy atom. The van der Waals surface area contributed by atoms with Crippen molar-refractivity contribution in [3.8, 4) is 5.75 Å². The van der Waals surface area contributed by atoms with Gasteiger partial charge in [0.25, 0.3) is 5.91 Å². The molecule has 1 aromatic heterocycles. The zero-order valence-electron chi connectivity index (χ0n) is 16.3. The first-order valence-electron chi connectivity index (χ1n) is 9.27. The largest absolute Gasteiger partial charge is 0.494 e. The number of amides is 1. The molecule has 11 heteroatoms. The maximum atomic E-state index is 12.6. The van der Waals surface area contributed by atoms with Crippen molar-refractivity contribution in [1.82, 2.24) is 14.6 Å². The molecule has 0 atom stereocenters. The second-order valence-electron chi connectivity index (χ2n) is 6.62. The number of hydrogen-bond acceptors (Lipinski definition) is 6. The molecule has 0 unspecified atom stereocenters. The molecule has 1 aliphatic heterocycles. The van der Waals surface area contributed by atoms with E-state index in [1.807, 2.05) is 23.1 Å². The fourth-order valence-corrected chi connectivity index (χ4v) is 5.13. The topological polar surface area (TPSA) is 91.8 Å². The summed E-state index contributed by atoms with van der Waals surface area (Å²) in [4.78, 5) is 18.7. The van der Waals surface area contributed by atoms with Gasteiger partial charge in [-0.15, -0.1) is 0 Å². The van der Waals surface area contributed by atoms with Crippen LogP contribution in [0.2, 0.25) is 10.0 Å². The quantitative estimate of drug-likeness (QED) is 0.664. The number of piperazine rings is 1. The van der Waals surface area contributed by atoms with Gasteiger partial charge in [-0.05, 0) is 24.3 Å². The monoisotopic (exact) mass is 472 g/mol. The SMILES string of the molecule is COc1c(Cl)cc(C(=O)NCCS(=O)(=O)N2CCN(c3ccccn3)CC2)cc1Cl. The summed E-state index contributed by atoms with van der Waals surface area (Å²) in [5, 5.41) is 3.00. The number of benzene rings is 1. The van der Waals surface area contributed by atoms with Gasteiger partial charge in [0.15, 0.2) is 5.75 Å². The Morgan fingerprint density at radius 2 is 1.83 bits per heavy atom. The molecule has 0 bridgehead atoms. The highest BCUT2D eigenvalue weighted by Crippen LogP contribution is 2.33. The van der Waals surface area contributed by atoms with Crippen LogP contribution in [0.15, 0.2) is 36.5 Å². The van der Waals surface area contributed by atoms with Crippen LogP contribution in [-0.4, -0.2) is 69.2 Å². The van der Waals surface area contributed by atoms with Crippen molar-refractivity contribution in [1.29, 1.82) is 0 Å². The van der Waals surface area contributed by atoms with Gasteiger partial charge in [0.2, 0.25) is 10.0 Å². The van der Waals surface area contributed by atoms with E-state index in [2.05, 4.69) is 10.3 Å². The fraction of sp³-hybridized carbons (Fsp3) is 0.368. The van der Waals surface area contributed by atoms with Crippen LogP contribution in [0.3, 0.4) is 0 Å². The third-order valence-electron chi connectivity index (χ3n) is 4.72. The lowest BCUT2D eigenvalue weighted by molar-refractivity contribution is 0.0956. The van der Waals surface area contributed by atoms with Crippen molar-refractivity contribution in [2.24, 2.45) is 0 Å². The van der Waals surface area contributed by atoms with Gasteiger partial charge >= 0.3 is 0 Å². The molecule has 2 heterocycles. The number of hydrogen-bond donors (Lipinski definition) is 1. The number of pyridine rings is 1. The van der Waals surface area contributed by atoms with Gasteiger partial charge in [-0.1, -0.05) is 29.3 Å². The van der Waals surface area contributed by atoms with Crippen molar-refractivity contribution >= 4 is 45.0 Å². The number of nitrogens with one attached hydrogen (secondary N) is 1. The molecule has 1 aliphatic rings. The van der Waals surface area contributed by atoms with Crippen LogP contribution in [0.25, 0.3) is 0 Å². The molecule has 1 amide bonds. The first-order chi connectivity index (χ1) is 14.3. The van der Waals surface area contributed by atoms with Crippen molar-refractivity contribution in [3.63, 3.8) is 0 Å². The number of carbonyl (C=O) groups excluding carboxylic acids is 1. The lowest BCUT2D eigenvalue weighted by atomic mass is 10.2. The van der Waals surface area contributed by atoms with Gasteiger partial charge in [-0.3, -0.25) is 4.79 Å². The number of sulfonamides is 1. The smallest absolute Gasteiger partial charge is 0.251 e. The van der Waals surface area contributed by atoms with Crippen LogP contribution in [0.5, 0.6) is 5.75 Å². The van der Waals surface area contributed by atoms with E-state index in [1.165, 1.54) is 23.5 Å². The lowest BCUT2D eigenvalue weighted by Gasteiger charge is -2.34. The van der Waals surface area contributed by atoms with E-state index in [4.69, 9.17) is 27.9 Å². The van der Waals surface area contributed by atoms with E-state index < -0.39 is 15.9 Å². The van der Waals surface area contributed by atoms with E-state index in [9.17, 15) is 13.2 Å². The van der Waals surface area contributed by atoms with E-state index >= 15 is 0 Å². The maximum absolute atomic E-state index is 12.6. The molecule has 2 aromatic rings. The van der Waals surface area contributed by atoms with Gasteiger partial charge in [-0.2, -0.15) is 4.31 Å². The normalized spacial score (nSPS) is 15.1. The Hall–Kier alpha value is -2.07. The molecule has 1 saturated heterocycles. The predicted octanol–water partition coefficient (Wildman–Crippen LogP) is 2.28. The van der Waals surface area contributed by atoms with Crippen molar-refractivity contribution in [2.45, 2.75) is 0 Å². The summed E-state index contributed by atoms with van der Waals surface area (Å²) in [5.74, 6) is 0.456. The summed E-state index contributed by atoms with van der Waals surface area (Å²) in [7, 11) is -2.07. The highest BCUT2D eigenvalue weighted by atomic mass is 35.5. The molecule has 162 valence electrons. The van der Waals surface area contributed by atoms with E-state index in [-0.39, 0.29) is 33.7 Å². The number of rotatable bonds is 7. The number of methoxy groups -OCH3 is 1. The standard InChI is InChI=1S/C19H22Cl2N4O4S/c1-29-18-15(20)12-14(13-16(18)21)19(26)23-6-11-30(27,28)25-9-7-24(8-10-25)17-4-2-3-5-22-17/h2-5,12-13H,6-11H2,1H3,(H,23,26). The average molecular weight is 473 g/mol. The Bertz CT molecular complexity index is 974. The lowest BCUT2D eigenvalue weighted by Crippen LogP contribution is -2.50. The van der Waals surface area contributed by atoms with E-state index in [0.717, 1.165) is 5.82 Å². The van der Waals surface area contributed by atoms with Crippen LogP contribution >= 0.6 is 23.2 Å². The van der Waals surface area contributed by atoms with Crippen LogP contribution < -0.4 is 15.0 Å². The van der Waals surface area contributed by atoms with Crippen LogP contribution in [-0.2, 0) is 10.0 Å². The molecule has 1 fully saturated rings. The first kappa shape index (κ1) is 22.6. The summed E-state index contributed by atoms with van der Waals surface area (Å²) in [6, 6.07) is 8.49. The molecular formula is C19H22Cl2N4O4S. The third-order valence-corrected chi connectivity index (χ3v) is 7.15.